The summed E-state index contributed by atoms with van der Waals surface area (Å²) in [5, 5.41) is 6.73. The number of aromatic nitrogens is 2. The predicted molar refractivity (Wildman–Crippen MR) is 66.8 cm³/mol. The summed E-state index contributed by atoms with van der Waals surface area (Å²) in [6.45, 7) is 4.16. The van der Waals surface area contributed by atoms with Gasteiger partial charge in [-0.05, 0) is 25.7 Å². The first-order valence-corrected chi connectivity index (χ1v) is 6.36. The number of H-pyrrole nitrogens is 1. The van der Waals surface area contributed by atoms with E-state index in [2.05, 4.69) is 17.1 Å². The molecule has 4 heteroatoms. The highest BCUT2D eigenvalue weighted by atomic mass is 16.2. The number of nitrogens with one attached hydrogen (secondary N) is 1. The second-order valence-corrected chi connectivity index (χ2v) is 5.25. The number of amides is 1. The number of rotatable bonds is 2. The maximum absolute atomic E-state index is 12.3. The fourth-order valence-corrected chi connectivity index (χ4v) is 2.68. The van der Waals surface area contributed by atoms with Crippen molar-refractivity contribution in [1.29, 1.82) is 0 Å². The van der Waals surface area contributed by atoms with E-state index in [9.17, 15) is 4.79 Å². The Morgan fingerprint density at radius 1 is 1.53 bits per heavy atom. The molecule has 1 N–H and O–H groups in total. The normalized spacial score (nSPS) is 24.6. The minimum atomic E-state index is 0.0929. The van der Waals surface area contributed by atoms with Gasteiger partial charge in [0.05, 0.1) is 11.8 Å². The molecule has 94 valence electrons. The van der Waals surface area contributed by atoms with Crippen LogP contribution in [0.4, 0.5) is 0 Å². The van der Waals surface area contributed by atoms with E-state index in [4.69, 9.17) is 0 Å². The number of aromatic amines is 1. The highest BCUT2D eigenvalue weighted by Gasteiger charge is 2.27. The first-order chi connectivity index (χ1) is 8.09. The molecule has 17 heavy (non-hydrogen) atoms. The average molecular weight is 235 g/mol. The molecular weight excluding hydrogens is 214 g/mol. The molecule has 0 aromatic carbocycles. The van der Waals surface area contributed by atoms with Crippen molar-refractivity contribution in [3.63, 3.8) is 0 Å². The summed E-state index contributed by atoms with van der Waals surface area (Å²) in [6, 6.07) is 0.389. The van der Waals surface area contributed by atoms with Gasteiger partial charge in [-0.25, -0.2) is 0 Å². The van der Waals surface area contributed by atoms with Crippen LogP contribution in [0.15, 0.2) is 6.20 Å². The zero-order valence-corrected chi connectivity index (χ0v) is 10.9. The van der Waals surface area contributed by atoms with E-state index in [1.54, 1.807) is 6.20 Å². The SMILES string of the molecule is Cc1[nH]ncc1C(=O)N(C)C1CCCC(C)C1. The van der Waals surface area contributed by atoms with Crippen molar-refractivity contribution >= 4 is 5.91 Å². The molecule has 1 aliphatic rings. The molecule has 0 aliphatic heterocycles. The molecule has 1 amide bonds. The van der Waals surface area contributed by atoms with Crippen LogP contribution in [0.5, 0.6) is 0 Å². The largest absolute Gasteiger partial charge is 0.339 e. The molecule has 0 bridgehead atoms. The van der Waals surface area contributed by atoms with Crippen molar-refractivity contribution in [2.75, 3.05) is 7.05 Å². The topological polar surface area (TPSA) is 49.0 Å². The van der Waals surface area contributed by atoms with Gasteiger partial charge in [-0.2, -0.15) is 5.10 Å². The van der Waals surface area contributed by atoms with Crippen molar-refractivity contribution in [3.8, 4) is 0 Å². The fraction of sp³-hybridized carbons (Fsp3) is 0.692. The molecule has 1 saturated carbocycles. The Kier molecular flexibility index (Phi) is 3.50. The summed E-state index contributed by atoms with van der Waals surface area (Å²) >= 11 is 0. The van der Waals surface area contributed by atoms with Gasteiger partial charge in [-0.3, -0.25) is 9.89 Å². The van der Waals surface area contributed by atoms with Gasteiger partial charge in [0.25, 0.3) is 5.91 Å². The maximum Gasteiger partial charge on any atom is 0.257 e. The van der Waals surface area contributed by atoms with Crippen molar-refractivity contribution in [2.45, 2.75) is 45.6 Å². The number of hydrogen-bond donors (Lipinski definition) is 1. The van der Waals surface area contributed by atoms with Crippen molar-refractivity contribution in [1.82, 2.24) is 15.1 Å². The molecule has 1 aromatic rings. The van der Waals surface area contributed by atoms with Crippen LogP contribution in [0.25, 0.3) is 0 Å². The van der Waals surface area contributed by atoms with E-state index in [0.717, 1.165) is 24.5 Å². The Hall–Kier alpha value is -1.32. The zero-order chi connectivity index (χ0) is 12.4. The van der Waals surface area contributed by atoms with E-state index >= 15 is 0 Å². The lowest BCUT2D eigenvalue weighted by Gasteiger charge is -2.34. The number of carbonyl (C=O) groups excluding carboxylic acids is 1. The Balaban J connectivity index is 2.07. The van der Waals surface area contributed by atoms with Crippen LogP contribution in [-0.2, 0) is 0 Å². The second kappa shape index (κ2) is 4.90. The molecule has 0 saturated heterocycles. The summed E-state index contributed by atoms with van der Waals surface area (Å²) in [4.78, 5) is 14.2. The molecule has 1 heterocycles. The van der Waals surface area contributed by atoms with Gasteiger partial charge in [0.1, 0.15) is 0 Å². The van der Waals surface area contributed by atoms with Crippen LogP contribution in [0.1, 0.15) is 48.7 Å². The van der Waals surface area contributed by atoms with Crippen LogP contribution in [0, 0.1) is 12.8 Å². The van der Waals surface area contributed by atoms with Crippen molar-refractivity contribution < 1.29 is 4.79 Å². The number of carbonyl (C=O) groups is 1. The summed E-state index contributed by atoms with van der Waals surface area (Å²) < 4.78 is 0. The van der Waals surface area contributed by atoms with Crippen LogP contribution in [0.2, 0.25) is 0 Å². The van der Waals surface area contributed by atoms with Crippen LogP contribution < -0.4 is 0 Å². The molecule has 0 radical (unpaired) electrons. The summed E-state index contributed by atoms with van der Waals surface area (Å²) in [5.41, 5.74) is 1.55. The number of nitrogens with zero attached hydrogens (tertiary/aromatic N) is 2. The molecule has 4 nitrogen and oxygen atoms in total. The summed E-state index contributed by atoms with van der Waals surface area (Å²) in [6.07, 6.45) is 6.40. The third-order valence-electron chi connectivity index (χ3n) is 3.84. The van der Waals surface area contributed by atoms with Gasteiger partial charge in [0, 0.05) is 18.8 Å². The number of aryl methyl sites for hydroxylation is 1. The molecule has 1 aromatic heterocycles. The molecule has 2 unspecified atom stereocenters. The van der Waals surface area contributed by atoms with Gasteiger partial charge in [-0.1, -0.05) is 19.8 Å². The van der Waals surface area contributed by atoms with Crippen molar-refractivity contribution in [2.24, 2.45) is 5.92 Å². The molecule has 0 spiro atoms. The minimum absolute atomic E-state index is 0.0929. The third kappa shape index (κ3) is 2.51. The van der Waals surface area contributed by atoms with Gasteiger partial charge < -0.3 is 4.90 Å². The van der Waals surface area contributed by atoms with Gasteiger partial charge in [0.15, 0.2) is 0 Å². The maximum atomic E-state index is 12.3. The van der Waals surface area contributed by atoms with E-state index in [1.165, 1.54) is 12.8 Å². The van der Waals surface area contributed by atoms with E-state index in [1.807, 2.05) is 18.9 Å². The van der Waals surface area contributed by atoms with Crippen LogP contribution >= 0.6 is 0 Å². The Morgan fingerprint density at radius 3 is 2.88 bits per heavy atom. The van der Waals surface area contributed by atoms with Crippen LogP contribution in [0.3, 0.4) is 0 Å². The fourth-order valence-electron chi connectivity index (χ4n) is 2.68. The lowest BCUT2D eigenvalue weighted by Crippen LogP contribution is -2.39. The summed E-state index contributed by atoms with van der Waals surface area (Å²) in [5.74, 6) is 0.824. The average Bonchev–Trinajstić information content (AvgIpc) is 2.73. The van der Waals surface area contributed by atoms with E-state index < -0.39 is 0 Å². The molecule has 1 fully saturated rings. The molecule has 1 aliphatic carbocycles. The Labute approximate surface area is 102 Å². The smallest absolute Gasteiger partial charge is 0.257 e. The van der Waals surface area contributed by atoms with Gasteiger partial charge in [0.2, 0.25) is 0 Å². The zero-order valence-electron chi connectivity index (χ0n) is 10.9. The highest BCUT2D eigenvalue weighted by molar-refractivity contribution is 5.95. The third-order valence-corrected chi connectivity index (χ3v) is 3.84. The molecule has 2 atom stereocenters. The Morgan fingerprint density at radius 2 is 2.29 bits per heavy atom. The first kappa shape index (κ1) is 12.1. The molecular formula is C13H21N3O. The van der Waals surface area contributed by atoms with E-state index in [0.29, 0.717) is 11.6 Å². The second-order valence-electron chi connectivity index (χ2n) is 5.25. The number of hydrogen-bond acceptors (Lipinski definition) is 2. The Bertz CT molecular complexity index is 399. The van der Waals surface area contributed by atoms with Gasteiger partial charge >= 0.3 is 0 Å². The highest BCUT2D eigenvalue weighted by Crippen LogP contribution is 2.27. The first-order valence-electron chi connectivity index (χ1n) is 6.36. The quantitative estimate of drug-likeness (QED) is 0.855. The van der Waals surface area contributed by atoms with Gasteiger partial charge in [-0.15, -0.1) is 0 Å². The standard InChI is InChI=1S/C13H21N3O/c1-9-5-4-6-11(7-9)16(3)13(17)12-8-14-15-10(12)2/h8-9,11H,4-7H2,1-3H3,(H,14,15). The monoisotopic (exact) mass is 235 g/mol. The van der Waals surface area contributed by atoms with Crippen molar-refractivity contribution in [3.05, 3.63) is 17.5 Å². The minimum Gasteiger partial charge on any atom is -0.339 e. The lowest BCUT2D eigenvalue weighted by molar-refractivity contribution is 0.0671. The summed E-state index contributed by atoms with van der Waals surface area (Å²) in [7, 11) is 1.91. The van der Waals surface area contributed by atoms with Crippen LogP contribution in [-0.4, -0.2) is 34.1 Å². The van der Waals surface area contributed by atoms with E-state index in [-0.39, 0.29) is 5.91 Å². The molecule has 2 rings (SSSR count). The lowest BCUT2D eigenvalue weighted by atomic mass is 9.86. The predicted octanol–water partition coefficient (Wildman–Crippen LogP) is 2.37.